The number of carbonyl (C=O) groups excluding carboxylic acids is 2. The second kappa shape index (κ2) is 8.89. The fraction of sp³-hybridized carbons (Fsp3) is 0.450. The van der Waals surface area contributed by atoms with Crippen molar-refractivity contribution >= 4 is 51.9 Å². The molecular formula is C20H24N2O3S2. The van der Waals surface area contributed by atoms with Crippen molar-refractivity contribution < 1.29 is 14.3 Å². The molecule has 27 heavy (non-hydrogen) atoms. The van der Waals surface area contributed by atoms with Gasteiger partial charge in [-0.25, -0.2) is 0 Å². The first-order valence-electron chi connectivity index (χ1n) is 9.36. The highest BCUT2D eigenvalue weighted by Crippen LogP contribution is 2.36. The average Bonchev–Trinajstić information content (AvgIpc) is 2.98. The minimum atomic E-state index is -0.183. The number of unbranched alkanes of at least 4 members (excludes halogenated alkanes) is 1. The van der Waals surface area contributed by atoms with Gasteiger partial charge in [-0.3, -0.25) is 9.59 Å². The van der Waals surface area contributed by atoms with Crippen molar-refractivity contribution in [3.8, 4) is 5.75 Å². The van der Waals surface area contributed by atoms with Crippen molar-refractivity contribution in [2.24, 2.45) is 5.92 Å². The molecular weight excluding hydrogens is 380 g/mol. The number of thiocarbonyl (C=S) groups is 1. The van der Waals surface area contributed by atoms with Gasteiger partial charge in [0.1, 0.15) is 16.7 Å². The summed E-state index contributed by atoms with van der Waals surface area (Å²) in [5.74, 6) is 0.722. The van der Waals surface area contributed by atoms with E-state index in [0.717, 1.165) is 36.9 Å². The van der Waals surface area contributed by atoms with E-state index in [1.54, 1.807) is 6.08 Å². The first-order chi connectivity index (χ1) is 13.0. The maximum absolute atomic E-state index is 13.1. The summed E-state index contributed by atoms with van der Waals surface area (Å²) < 4.78 is 6.21. The molecule has 1 N–H and O–H groups in total. The molecule has 2 amide bonds. The summed E-state index contributed by atoms with van der Waals surface area (Å²) >= 11 is 6.28. The molecule has 1 unspecified atom stereocenters. The predicted octanol–water partition coefficient (Wildman–Crippen LogP) is 4.12. The number of fused-ring (bicyclic) bond motifs is 1. The molecule has 0 radical (unpaired) electrons. The Morgan fingerprint density at radius 1 is 1.44 bits per heavy atom. The fourth-order valence-corrected chi connectivity index (χ4v) is 4.34. The normalized spacial score (nSPS) is 18.9. The van der Waals surface area contributed by atoms with Gasteiger partial charge in [0.2, 0.25) is 5.91 Å². The summed E-state index contributed by atoms with van der Waals surface area (Å²) in [6.45, 7) is 5.26. The Morgan fingerprint density at radius 3 is 2.93 bits per heavy atom. The molecule has 1 atom stereocenters. The summed E-state index contributed by atoms with van der Waals surface area (Å²) in [5.41, 5.74) is 1.63. The van der Waals surface area contributed by atoms with Gasteiger partial charge in [0, 0.05) is 5.92 Å². The second-order valence-electron chi connectivity index (χ2n) is 6.67. The van der Waals surface area contributed by atoms with Gasteiger partial charge in [0.15, 0.2) is 0 Å². The number of hydrogen-bond donors (Lipinski definition) is 1. The highest BCUT2D eigenvalue weighted by molar-refractivity contribution is 8.26. The molecule has 0 bridgehead atoms. The first kappa shape index (κ1) is 19.9. The van der Waals surface area contributed by atoms with Crippen LogP contribution in [0.3, 0.4) is 0 Å². The van der Waals surface area contributed by atoms with Crippen molar-refractivity contribution in [3.63, 3.8) is 0 Å². The molecule has 2 aliphatic rings. The zero-order valence-corrected chi connectivity index (χ0v) is 17.3. The van der Waals surface area contributed by atoms with Crippen molar-refractivity contribution in [2.75, 3.05) is 18.1 Å². The van der Waals surface area contributed by atoms with Crippen LogP contribution in [0.4, 0.5) is 5.69 Å². The lowest BCUT2D eigenvalue weighted by Gasteiger charge is -2.32. The van der Waals surface area contributed by atoms with Gasteiger partial charge in [-0.15, -0.1) is 0 Å². The quantitative estimate of drug-likeness (QED) is 0.571. The standard InChI is InChI=1S/C20H24N2O3S2/c1-3-5-6-14(4-2)19(24)22-9-10-25-16-8-7-13(11-15(16)22)12-17-18(23)21-20(26)27-17/h7-8,11-12,14H,3-6,9-10H2,1-2H3,(H,21,23,26). The van der Waals surface area contributed by atoms with Gasteiger partial charge in [-0.1, -0.05) is 56.7 Å². The predicted molar refractivity (Wildman–Crippen MR) is 114 cm³/mol. The fourth-order valence-electron chi connectivity index (χ4n) is 3.30. The average molecular weight is 405 g/mol. The van der Waals surface area contributed by atoms with Gasteiger partial charge in [-0.05, 0) is 36.6 Å². The summed E-state index contributed by atoms with van der Waals surface area (Å²) in [6, 6.07) is 5.68. The van der Waals surface area contributed by atoms with Crippen LogP contribution in [0.2, 0.25) is 0 Å². The number of ether oxygens (including phenoxy) is 1. The Morgan fingerprint density at radius 2 is 2.26 bits per heavy atom. The van der Waals surface area contributed by atoms with Crippen LogP contribution in [0.1, 0.15) is 45.1 Å². The summed E-state index contributed by atoms with van der Waals surface area (Å²) in [5, 5.41) is 2.62. The molecule has 1 aromatic carbocycles. The number of anilines is 1. The number of nitrogens with zero attached hydrogens (tertiary/aromatic N) is 1. The van der Waals surface area contributed by atoms with E-state index in [1.807, 2.05) is 23.1 Å². The Kier molecular flexibility index (Phi) is 6.55. The molecule has 3 rings (SSSR count). The van der Waals surface area contributed by atoms with Gasteiger partial charge in [0.25, 0.3) is 5.91 Å². The van der Waals surface area contributed by atoms with E-state index in [2.05, 4.69) is 19.2 Å². The van der Waals surface area contributed by atoms with Crippen molar-refractivity contribution in [1.82, 2.24) is 5.32 Å². The van der Waals surface area contributed by atoms with Crippen LogP contribution in [-0.4, -0.2) is 29.3 Å². The van der Waals surface area contributed by atoms with Gasteiger partial charge < -0.3 is 15.0 Å². The first-order valence-corrected chi connectivity index (χ1v) is 10.6. The van der Waals surface area contributed by atoms with E-state index in [0.29, 0.717) is 28.1 Å². The number of rotatable bonds is 6. The van der Waals surface area contributed by atoms with E-state index < -0.39 is 0 Å². The van der Waals surface area contributed by atoms with Crippen LogP contribution in [0.5, 0.6) is 5.75 Å². The van der Waals surface area contributed by atoms with E-state index in [9.17, 15) is 9.59 Å². The molecule has 1 aromatic rings. The Bertz CT molecular complexity index is 791. The van der Waals surface area contributed by atoms with Gasteiger partial charge >= 0.3 is 0 Å². The molecule has 1 saturated heterocycles. The molecule has 0 saturated carbocycles. The highest BCUT2D eigenvalue weighted by atomic mass is 32.2. The van der Waals surface area contributed by atoms with Crippen LogP contribution < -0.4 is 15.0 Å². The zero-order valence-electron chi connectivity index (χ0n) is 15.6. The zero-order chi connectivity index (χ0) is 19.4. The highest BCUT2D eigenvalue weighted by Gasteiger charge is 2.29. The Hall–Kier alpha value is -1.86. The number of nitrogens with one attached hydrogen (secondary N) is 1. The molecule has 0 spiro atoms. The van der Waals surface area contributed by atoms with E-state index in [4.69, 9.17) is 17.0 Å². The number of amides is 2. The lowest BCUT2D eigenvalue weighted by Crippen LogP contribution is -2.41. The number of hydrogen-bond acceptors (Lipinski definition) is 5. The van der Waals surface area contributed by atoms with Crippen LogP contribution >= 0.6 is 24.0 Å². The number of thioether (sulfide) groups is 1. The van der Waals surface area contributed by atoms with Crippen molar-refractivity contribution in [1.29, 1.82) is 0 Å². The smallest absolute Gasteiger partial charge is 0.263 e. The minimum absolute atomic E-state index is 0.0337. The molecule has 2 heterocycles. The third kappa shape index (κ3) is 4.52. The lowest BCUT2D eigenvalue weighted by atomic mass is 9.97. The summed E-state index contributed by atoms with van der Waals surface area (Å²) in [4.78, 5) is 27.4. The largest absolute Gasteiger partial charge is 0.490 e. The maximum atomic E-state index is 13.1. The third-order valence-corrected chi connectivity index (χ3v) is 5.96. The molecule has 0 aromatic heterocycles. The van der Waals surface area contributed by atoms with Crippen LogP contribution in [-0.2, 0) is 9.59 Å². The number of benzene rings is 1. The summed E-state index contributed by atoms with van der Waals surface area (Å²) in [6.07, 6.45) is 5.69. The van der Waals surface area contributed by atoms with E-state index >= 15 is 0 Å². The van der Waals surface area contributed by atoms with E-state index in [1.165, 1.54) is 11.8 Å². The van der Waals surface area contributed by atoms with Crippen molar-refractivity contribution in [2.45, 2.75) is 39.5 Å². The van der Waals surface area contributed by atoms with E-state index in [-0.39, 0.29) is 17.7 Å². The Labute approximate surface area is 169 Å². The minimum Gasteiger partial charge on any atom is -0.490 e. The second-order valence-corrected chi connectivity index (χ2v) is 8.38. The topological polar surface area (TPSA) is 58.6 Å². The molecule has 2 aliphatic heterocycles. The lowest BCUT2D eigenvalue weighted by molar-refractivity contribution is -0.123. The summed E-state index contributed by atoms with van der Waals surface area (Å²) in [7, 11) is 0. The molecule has 5 nitrogen and oxygen atoms in total. The molecule has 0 aliphatic carbocycles. The van der Waals surface area contributed by atoms with Gasteiger partial charge in [0.05, 0.1) is 17.1 Å². The van der Waals surface area contributed by atoms with Crippen LogP contribution in [0, 0.1) is 5.92 Å². The third-order valence-electron chi connectivity index (χ3n) is 4.80. The monoisotopic (exact) mass is 404 g/mol. The number of carbonyl (C=O) groups is 2. The van der Waals surface area contributed by atoms with Crippen molar-refractivity contribution in [3.05, 3.63) is 28.7 Å². The maximum Gasteiger partial charge on any atom is 0.263 e. The Balaban J connectivity index is 1.87. The van der Waals surface area contributed by atoms with Gasteiger partial charge in [-0.2, -0.15) is 0 Å². The molecule has 7 heteroatoms. The molecule has 1 fully saturated rings. The van der Waals surface area contributed by atoms with Crippen LogP contribution in [0.15, 0.2) is 23.1 Å². The van der Waals surface area contributed by atoms with Crippen LogP contribution in [0.25, 0.3) is 6.08 Å². The SMILES string of the molecule is CCCCC(CC)C(=O)N1CCOc2ccc(C=C3SC(=S)NC3=O)cc21. The molecule has 144 valence electrons.